The molecule has 8 heteroatoms. The SMILES string of the molecule is COC(=O)c1cccc(-c2ccc([C@H]3[C@H](c4ccccn4)NC(=S)N3Cc3ccco3)o2)c1. The lowest BCUT2D eigenvalue weighted by Crippen LogP contribution is -2.28. The Labute approximate surface area is 196 Å². The van der Waals surface area contributed by atoms with Crippen LogP contribution in [0.5, 0.6) is 0 Å². The van der Waals surface area contributed by atoms with E-state index >= 15 is 0 Å². The van der Waals surface area contributed by atoms with Crippen LogP contribution in [-0.2, 0) is 11.3 Å². The van der Waals surface area contributed by atoms with E-state index in [-0.39, 0.29) is 12.1 Å². The van der Waals surface area contributed by atoms with Crippen molar-refractivity contribution in [3.63, 3.8) is 0 Å². The molecule has 4 aromatic rings. The van der Waals surface area contributed by atoms with Crippen LogP contribution in [0.3, 0.4) is 0 Å². The van der Waals surface area contributed by atoms with Gasteiger partial charge >= 0.3 is 5.97 Å². The molecule has 0 amide bonds. The van der Waals surface area contributed by atoms with E-state index in [1.807, 2.05) is 53.4 Å². The molecular weight excluding hydrogens is 438 g/mol. The Bertz CT molecular complexity index is 1270. The number of benzene rings is 1. The molecule has 1 aliphatic rings. The lowest BCUT2D eigenvalue weighted by atomic mass is 10.0. The summed E-state index contributed by atoms with van der Waals surface area (Å²) in [5.41, 5.74) is 2.10. The molecule has 7 nitrogen and oxygen atoms in total. The minimum atomic E-state index is -0.395. The van der Waals surface area contributed by atoms with Crippen molar-refractivity contribution in [1.82, 2.24) is 15.2 Å². The third kappa shape index (κ3) is 4.12. The van der Waals surface area contributed by atoms with Crippen LogP contribution < -0.4 is 5.32 Å². The zero-order valence-corrected chi connectivity index (χ0v) is 18.6. The first-order valence-electron chi connectivity index (χ1n) is 10.4. The minimum Gasteiger partial charge on any atom is -0.467 e. The van der Waals surface area contributed by atoms with Gasteiger partial charge in [0.2, 0.25) is 0 Å². The first-order valence-corrected chi connectivity index (χ1v) is 10.8. The number of hydrogen-bond donors (Lipinski definition) is 1. The molecule has 0 saturated carbocycles. The molecule has 3 aromatic heterocycles. The molecule has 0 bridgehead atoms. The molecule has 1 aliphatic heterocycles. The third-order valence-electron chi connectivity index (χ3n) is 5.59. The zero-order chi connectivity index (χ0) is 22.8. The van der Waals surface area contributed by atoms with Gasteiger partial charge in [0.1, 0.15) is 23.3 Å². The number of carbonyl (C=O) groups excluding carboxylic acids is 1. The molecule has 2 atom stereocenters. The maximum atomic E-state index is 11.9. The Morgan fingerprint density at radius 1 is 1.15 bits per heavy atom. The summed E-state index contributed by atoms with van der Waals surface area (Å²) in [4.78, 5) is 18.5. The molecule has 5 rings (SSSR count). The summed E-state index contributed by atoms with van der Waals surface area (Å²) >= 11 is 5.68. The van der Waals surface area contributed by atoms with E-state index in [0.717, 1.165) is 22.8 Å². The van der Waals surface area contributed by atoms with Crippen LogP contribution in [0.15, 0.2) is 88.0 Å². The van der Waals surface area contributed by atoms with E-state index in [1.165, 1.54) is 7.11 Å². The van der Waals surface area contributed by atoms with E-state index in [2.05, 4.69) is 10.3 Å². The molecule has 0 spiro atoms. The van der Waals surface area contributed by atoms with Crippen molar-refractivity contribution >= 4 is 23.3 Å². The maximum Gasteiger partial charge on any atom is 0.337 e. The molecule has 4 heterocycles. The predicted octanol–water partition coefficient (Wildman–Crippen LogP) is 4.89. The molecular formula is C25H21N3O4S. The normalized spacial score (nSPS) is 17.7. The van der Waals surface area contributed by atoms with Gasteiger partial charge in [-0.15, -0.1) is 0 Å². The smallest absolute Gasteiger partial charge is 0.337 e. The average molecular weight is 460 g/mol. The number of esters is 1. The highest BCUT2D eigenvalue weighted by molar-refractivity contribution is 7.80. The molecule has 0 aliphatic carbocycles. The molecule has 166 valence electrons. The van der Waals surface area contributed by atoms with E-state index in [4.69, 9.17) is 25.8 Å². The molecule has 1 saturated heterocycles. The zero-order valence-electron chi connectivity index (χ0n) is 17.8. The summed E-state index contributed by atoms with van der Waals surface area (Å²) in [6, 6.07) is 20.1. The fourth-order valence-corrected chi connectivity index (χ4v) is 4.34. The number of nitrogens with one attached hydrogen (secondary N) is 1. The maximum absolute atomic E-state index is 11.9. The summed E-state index contributed by atoms with van der Waals surface area (Å²) in [6.45, 7) is 0.487. The first-order chi connectivity index (χ1) is 16.1. The van der Waals surface area contributed by atoms with Crippen molar-refractivity contribution in [2.24, 2.45) is 0 Å². The summed E-state index contributed by atoms with van der Waals surface area (Å²) in [7, 11) is 1.36. The average Bonchev–Trinajstić information content (AvgIpc) is 3.61. The standard InChI is InChI=1S/C25H21N3O4S/c1-30-24(29)17-7-4-6-16(14-17)20-10-11-21(32-20)23-22(19-9-2-3-12-26-19)27-25(33)28(23)15-18-8-5-13-31-18/h2-14,22-23H,15H2,1H3,(H,27,33)/t22-,23-/m0/s1. The van der Waals surface area contributed by atoms with Gasteiger partial charge in [0.05, 0.1) is 37.2 Å². The lowest BCUT2D eigenvalue weighted by molar-refractivity contribution is 0.0601. The quantitative estimate of drug-likeness (QED) is 0.322. The highest BCUT2D eigenvalue weighted by Crippen LogP contribution is 2.41. The molecule has 0 radical (unpaired) electrons. The van der Waals surface area contributed by atoms with Crippen LogP contribution in [0.1, 0.15) is 39.7 Å². The van der Waals surface area contributed by atoms with E-state index in [1.54, 1.807) is 30.7 Å². The number of rotatable bonds is 6. The summed E-state index contributed by atoms with van der Waals surface area (Å²) < 4.78 is 16.7. The molecule has 1 aromatic carbocycles. The highest BCUT2D eigenvalue weighted by atomic mass is 32.1. The number of pyridine rings is 1. The van der Waals surface area contributed by atoms with Gasteiger partial charge in [-0.3, -0.25) is 4.98 Å². The van der Waals surface area contributed by atoms with Crippen molar-refractivity contribution in [1.29, 1.82) is 0 Å². The molecule has 0 unspecified atom stereocenters. The highest BCUT2D eigenvalue weighted by Gasteiger charge is 2.42. The lowest BCUT2D eigenvalue weighted by Gasteiger charge is -2.25. The Balaban J connectivity index is 1.52. The number of furan rings is 2. The number of methoxy groups -OCH3 is 1. The van der Waals surface area contributed by atoms with Gasteiger partial charge < -0.3 is 23.8 Å². The Hall–Kier alpha value is -3.91. The number of nitrogens with zero attached hydrogens (tertiary/aromatic N) is 2. The van der Waals surface area contributed by atoms with Crippen molar-refractivity contribution < 1.29 is 18.4 Å². The van der Waals surface area contributed by atoms with Crippen molar-refractivity contribution in [3.8, 4) is 11.3 Å². The third-order valence-corrected chi connectivity index (χ3v) is 5.94. The van der Waals surface area contributed by atoms with Crippen molar-refractivity contribution in [2.45, 2.75) is 18.6 Å². The number of ether oxygens (including phenoxy) is 1. The van der Waals surface area contributed by atoms with Gasteiger partial charge in [-0.25, -0.2) is 4.79 Å². The van der Waals surface area contributed by atoms with Crippen molar-refractivity contribution in [3.05, 3.63) is 102 Å². The second kappa shape index (κ2) is 8.91. The fraction of sp³-hybridized carbons (Fsp3) is 0.160. The van der Waals surface area contributed by atoms with Crippen LogP contribution in [0, 0.1) is 0 Å². The number of aromatic nitrogens is 1. The minimum absolute atomic E-state index is 0.200. The van der Waals surface area contributed by atoms with E-state index in [0.29, 0.717) is 23.0 Å². The summed E-state index contributed by atoms with van der Waals surface area (Å²) in [5.74, 6) is 1.77. The van der Waals surface area contributed by atoms with Crippen molar-refractivity contribution in [2.75, 3.05) is 7.11 Å². The Morgan fingerprint density at radius 2 is 2.06 bits per heavy atom. The molecule has 1 fully saturated rings. The van der Waals surface area contributed by atoms with Crippen LogP contribution >= 0.6 is 12.2 Å². The van der Waals surface area contributed by atoms with Crippen LogP contribution in [0.4, 0.5) is 0 Å². The van der Waals surface area contributed by atoms with Gasteiger partial charge in [0, 0.05) is 11.8 Å². The summed E-state index contributed by atoms with van der Waals surface area (Å²) in [5, 5.41) is 3.99. The Kier molecular flexibility index (Phi) is 5.66. The number of thiocarbonyl (C=S) groups is 1. The summed E-state index contributed by atoms with van der Waals surface area (Å²) in [6.07, 6.45) is 3.41. The van der Waals surface area contributed by atoms with Gasteiger partial charge in [0.15, 0.2) is 5.11 Å². The second-order valence-electron chi connectivity index (χ2n) is 7.61. The van der Waals surface area contributed by atoms with Crippen LogP contribution in [-0.4, -0.2) is 28.1 Å². The number of carbonyl (C=O) groups is 1. The topological polar surface area (TPSA) is 80.7 Å². The second-order valence-corrected chi connectivity index (χ2v) is 7.99. The van der Waals surface area contributed by atoms with Gasteiger partial charge in [-0.05, 0) is 60.7 Å². The van der Waals surface area contributed by atoms with E-state index in [9.17, 15) is 4.79 Å². The fourth-order valence-electron chi connectivity index (χ4n) is 4.04. The first kappa shape index (κ1) is 21.0. The van der Waals surface area contributed by atoms with Gasteiger partial charge in [0.25, 0.3) is 0 Å². The van der Waals surface area contributed by atoms with Gasteiger partial charge in [-0.2, -0.15) is 0 Å². The Morgan fingerprint density at radius 3 is 2.82 bits per heavy atom. The molecule has 33 heavy (non-hydrogen) atoms. The largest absolute Gasteiger partial charge is 0.467 e. The predicted molar refractivity (Wildman–Crippen MR) is 125 cm³/mol. The van der Waals surface area contributed by atoms with Crippen LogP contribution in [0.25, 0.3) is 11.3 Å². The van der Waals surface area contributed by atoms with Gasteiger partial charge in [-0.1, -0.05) is 18.2 Å². The van der Waals surface area contributed by atoms with E-state index < -0.39 is 5.97 Å². The molecule has 1 N–H and O–H groups in total. The monoisotopic (exact) mass is 459 g/mol. The van der Waals surface area contributed by atoms with Crippen LogP contribution in [0.2, 0.25) is 0 Å². The number of hydrogen-bond acceptors (Lipinski definition) is 6.